The predicted molar refractivity (Wildman–Crippen MR) is 89.1 cm³/mol. The molecule has 5 heteroatoms. The maximum Gasteiger partial charge on any atom is 0.320 e. The lowest BCUT2D eigenvalue weighted by Gasteiger charge is -2.13. The van der Waals surface area contributed by atoms with Gasteiger partial charge in [0.15, 0.2) is 0 Å². The summed E-state index contributed by atoms with van der Waals surface area (Å²) in [4.78, 5) is 19.8. The van der Waals surface area contributed by atoms with Gasteiger partial charge in [-0.05, 0) is 18.4 Å². The van der Waals surface area contributed by atoms with Crippen molar-refractivity contribution in [3.8, 4) is 0 Å². The summed E-state index contributed by atoms with van der Waals surface area (Å²) in [6, 6.07) is 9.74. The molecule has 122 valence electrons. The summed E-state index contributed by atoms with van der Waals surface area (Å²) < 4.78 is 0. The van der Waals surface area contributed by atoms with E-state index >= 15 is 0 Å². The third-order valence-electron chi connectivity index (χ3n) is 3.67. The molecule has 2 rings (SSSR count). The van der Waals surface area contributed by atoms with Gasteiger partial charge in [-0.3, -0.25) is 4.79 Å². The largest absolute Gasteiger partial charge is 0.480 e. The number of aryl methyl sites for hydroxylation is 2. The van der Waals surface area contributed by atoms with Crippen LogP contribution in [0.15, 0.2) is 42.7 Å². The van der Waals surface area contributed by atoms with Gasteiger partial charge in [0.25, 0.3) is 0 Å². The molecule has 0 fully saturated rings. The lowest BCUT2D eigenvalue weighted by molar-refractivity contribution is -0.139. The molecule has 2 N–H and O–H groups in total. The van der Waals surface area contributed by atoms with Crippen LogP contribution in [0.3, 0.4) is 0 Å². The van der Waals surface area contributed by atoms with Gasteiger partial charge < -0.3 is 10.4 Å². The van der Waals surface area contributed by atoms with Crippen LogP contribution < -0.4 is 5.32 Å². The molecule has 0 aliphatic carbocycles. The van der Waals surface area contributed by atoms with Gasteiger partial charge in [-0.25, -0.2) is 9.97 Å². The second kappa shape index (κ2) is 9.00. The maximum atomic E-state index is 11.1. The predicted octanol–water partition coefficient (Wildman–Crippen LogP) is 2.60. The van der Waals surface area contributed by atoms with Crippen LogP contribution in [0.2, 0.25) is 0 Å². The number of aromatic nitrogens is 2. The van der Waals surface area contributed by atoms with Crippen LogP contribution in [0.25, 0.3) is 0 Å². The lowest BCUT2D eigenvalue weighted by Crippen LogP contribution is -2.36. The van der Waals surface area contributed by atoms with Gasteiger partial charge in [0.1, 0.15) is 11.9 Å². The Balaban J connectivity index is 1.83. The zero-order chi connectivity index (χ0) is 16.5. The highest BCUT2D eigenvalue weighted by Gasteiger charge is 2.15. The number of hydrogen-bond donors (Lipinski definition) is 2. The number of nitrogens with one attached hydrogen (secondary N) is 1. The van der Waals surface area contributed by atoms with Crippen molar-refractivity contribution in [2.45, 2.75) is 45.2 Å². The number of benzene rings is 1. The third-order valence-corrected chi connectivity index (χ3v) is 3.67. The van der Waals surface area contributed by atoms with Crippen molar-refractivity contribution in [2.24, 2.45) is 0 Å². The van der Waals surface area contributed by atoms with Crippen molar-refractivity contribution in [1.29, 1.82) is 0 Å². The average Bonchev–Trinajstić information content (AvgIpc) is 2.58. The molecular weight excluding hydrogens is 290 g/mol. The Labute approximate surface area is 136 Å². The van der Waals surface area contributed by atoms with Crippen LogP contribution in [0.1, 0.15) is 36.7 Å². The molecule has 0 radical (unpaired) electrons. The number of hydrogen-bond acceptors (Lipinski definition) is 4. The standard InChI is InChI=1S/C18H23N3O2/c1-2-6-16(18(22)23)19-11-15-12-20-17(21-13-15)10-9-14-7-4-3-5-8-14/h3-5,7-8,12-13,16,19H,2,6,9-11H2,1H3,(H,22,23)/t16-/m1/s1. The van der Waals surface area contributed by atoms with Gasteiger partial charge >= 0.3 is 5.97 Å². The minimum absolute atomic E-state index is 0.468. The maximum absolute atomic E-state index is 11.1. The molecule has 0 aliphatic rings. The summed E-state index contributed by atoms with van der Waals surface area (Å²) in [7, 11) is 0. The first-order chi connectivity index (χ1) is 11.2. The van der Waals surface area contributed by atoms with Crippen LogP contribution in [-0.4, -0.2) is 27.1 Å². The van der Waals surface area contributed by atoms with Crippen LogP contribution >= 0.6 is 0 Å². The minimum Gasteiger partial charge on any atom is -0.480 e. The summed E-state index contributed by atoms with van der Waals surface area (Å²) in [6.07, 6.45) is 6.70. The van der Waals surface area contributed by atoms with Crippen molar-refractivity contribution < 1.29 is 9.90 Å². The monoisotopic (exact) mass is 313 g/mol. The van der Waals surface area contributed by atoms with Crippen molar-refractivity contribution >= 4 is 5.97 Å². The normalized spacial score (nSPS) is 12.0. The first-order valence-corrected chi connectivity index (χ1v) is 7.99. The van der Waals surface area contributed by atoms with E-state index in [4.69, 9.17) is 5.11 Å². The average molecular weight is 313 g/mol. The van der Waals surface area contributed by atoms with Crippen molar-refractivity contribution in [3.63, 3.8) is 0 Å². The SMILES string of the molecule is CCC[C@@H](NCc1cnc(CCc2ccccc2)nc1)C(=O)O. The molecule has 0 bridgehead atoms. The number of carboxylic acid groups (broad SMARTS) is 1. The molecule has 5 nitrogen and oxygen atoms in total. The third kappa shape index (κ3) is 5.79. The molecule has 0 saturated carbocycles. The molecule has 1 aromatic carbocycles. The molecule has 0 saturated heterocycles. The zero-order valence-corrected chi connectivity index (χ0v) is 13.4. The molecule has 1 atom stereocenters. The Hall–Kier alpha value is -2.27. The highest BCUT2D eigenvalue weighted by Crippen LogP contribution is 2.05. The van der Waals surface area contributed by atoms with E-state index in [1.165, 1.54) is 5.56 Å². The molecule has 1 heterocycles. The smallest absolute Gasteiger partial charge is 0.320 e. The Bertz CT molecular complexity index is 599. The molecule has 0 amide bonds. The Morgan fingerprint density at radius 3 is 2.43 bits per heavy atom. The van der Waals surface area contributed by atoms with Gasteiger partial charge in [0, 0.05) is 30.9 Å². The number of aliphatic carboxylic acids is 1. The molecule has 2 aromatic rings. The van der Waals surface area contributed by atoms with E-state index in [9.17, 15) is 4.79 Å². The fourth-order valence-electron chi connectivity index (χ4n) is 2.35. The molecule has 1 aromatic heterocycles. The second-order valence-corrected chi connectivity index (χ2v) is 5.55. The highest BCUT2D eigenvalue weighted by molar-refractivity contribution is 5.73. The van der Waals surface area contributed by atoms with Crippen LogP contribution in [0.5, 0.6) is 0 Å². The molecule has 0 spiro atoms. The number of nitrogens with zero attached hydrogens (tertiary/aromatic N) is 2. The zero-order valence-electron chi connectivity index (χ0n) is 13.4. The Morgan fingerprint density at radius 1 is 1.13 bits per heavy atom. The van der Waals surface area contributed by atoms with Gasteiger partial charge in [-0.1, -0.05) is 43.7 Å². The fourth-order valence-corrected chi connectivity index (χ4v) is 2.35. The van der Waals surface area contributed by atoms with E-state index in [1.54, 1.807) is 12.4 Å². The van der Waals surface area contributed by atoms with E-state index in [-0.39, 0.29) is 0 Å². The van der Waals surface area contributed by atoms with Crippen molar-refractivity contribution in [2.75, 3.05) is 0 Å². The summed E-state index contributed by atoms with van der Waals surface area (Å²) >= 11 is 0. The topological polar surface area (TPSA) is 75.1 Å². The number of carbonyl (C=O) groups is 1. The Kier molecular flexibility index (Phi) is 6.69. The van der Waals surface area contributed by atoms with Crippen LogP contribution in [-0.2, 0) is 24.2 Å². The molecule has 23 heavy (non-hydrogen) atoms. The minimum atomic E-state index is -0.813. The van der Waals surface area contributed by atoms with Gasteiger partial charge in [0.05, 0.1) is 0 Å². The van der Waals surface area contributed by atoms with Crippen LogP contribution in [0, 0.1) is 0 Å². The van der Waals surface area contributed by atoms with Gasteiger partial charge in [-0.2, -0.15) is 0 Å². The summed E-state index contributed by atoms with van der Waals surface area (Å²) in [5, 5.41) is 12.1. The summed E-state index contributed by atoms with van der Waals surface area (Å²) in [5.74, 6) is -0.00630. The van der Waals surface area contributed by atoms with Crippen LogP contribution in [0.4, 0.5) is 0 Å². The highest BCUT2D eigenvalue weighted by atomic mass is 16.4. The van der Waals surface area contributed by atoms with Gasteiger partial charge in [0.2, 0.25) is 0 Å². The quantitative estimate of drug-likeness (QED) is 0.744. The van der Waals surface area contributed by atoms with Crippen molar-refractivity contribution in [1.82, 2.24) is 15.3 Å². The second-order valence-electron chi connectivity index (χ2n) is 5.55. The van der Waals surface area contributed by atoms with E-state index < -0.39 is 12.0 Å². The summed E-state index contributed by atoms with van der Waals surface area (Å²) in [6.45, 7) is 2.44. The molecule has 0 unspecified atom stereocenters. The van der Waals surface area contributed by atoms with E-state index in [1.807, 2.05) is 25.1 Å². The first-order valence-electron chi connectivity index (χ1n) is 7.99. The molecular formula is C18H23N3O2. The lowest BCUT2D eigenvalue weighted by atomic mass is 10.1. The van der Waals surface area contributed by atoms with Crippen molar-refractivity contribution in [3.05, 3.63) is 59.7 Å². The number of rotatable bonds is 9. The molecule has 0 aliphatic heterocycles. The van der Waals surface area contributed by atoms with Gasteiger partial charge in [-0.15, -0.1) is 0 Å². The number of carboxylic acids is 1. The summed E-state index contributed by atoms with van der Waals surface area (Å²) in [5.41, 5.74) is 2.17. The first kappa shape index (κ1) is 17.1. The Morgan fingerprint density at radius 2 is 1.83 bits per heavy atom. The van der Waals surface area contributed by atoms with E-state index in [0.717, 1.165) is 30.7 Å². The van der Waals surface area contributed by atoms with E-state index in [0.29, 0.717) is 13.0 Å². The fraction of sp³-hybridized carbons (Fsp3) is 0.389. The van der Waals surface area contributed by atoms with E-state index in [2.05, 4.69) is 27.4 Å².